The summed E-state index contributed by atoms with van der Waals surface area (Å²) < 4.78 is 9.43. The standard InChI is InChI=1S/C10H16BNO5/c1-6(13)16-7(2)17-9(15)10(3,4)8(14)12-5-11/h7H,5H2,1-4H3,(H,12,14). The molecule has 1 amide bonds. The van der Waals surface area contributed by atoms with Gasteiger partial charge in [-0.05, 0) is 20.3 Å². The average Bonchev–Trinajstić information content (AvgIpc) is 2.16. The van der Waals surface area contributed by atoms with Gasteiger partial charge in [0, 0.05) is 13.8 Å². The Morgan fingerprint density at radius 3 is 2.24 bits per heavy atom. The van der Waals surface area contributed by atoms with Crippen LogP contribution in [0.25, 0.3) is 0 Å². The summed E-state index contributed by atoms with van der Waals surface area (Å²) >= 11 is 0. The molecule has 0 aliphatic rings. The van der Waals surface area contributed by atoms with Crippen molar-refractivity contribution in [1.82, 2.24) is 5.32 Å². The third-order valence-electron chi connectivity index (χ3n) is 1.95. The van der Waals surface area contributed by atoms with Crippen molar-refractivity contribution in [3.63, 3.8) is 0 Å². The Balaban J connectivity index is 4.48. The monoisotopic (exact) mass is 241 g/mol. The molecule has 0 fully saturated rings. The number of esters is 2. The second-order valence-electron chi connectivity index (χ2n) is 3.92. The molecular weight excluding hydrogens is 225 g/mol. The van der Waals surface area contributed by atoms with E-state index in [1.807, 2.05) is 0 Å². The summed E-state index contributed by atoms with van der Waals surface area (Å²) in [4.78, 5) is 33.8. The molecule has 0 aromatic heterocycles. The zero-order valence-electron chi connectivity index (χ0n) is 10.4. The lowest BCUT2D eigenvalue weighted by atomic mass is 9.92. The van der Waals surface area contributed by atoms with E-state index >= 15 is 0 Å². The average molecular weight is 241 g/mol. The summed E-state index contributed by atoms with van der Waals surface area (Å²) in [5, 5.41) is 2.31. The Kier molecular flexibility index (Phi) is 5.71. The van der Waals surface area contributed by atoms with E-state index in [2.05, 4.69) is 10.1 Å². The number of rotatable bonds is 5. The lowest BCUT2D eigenvalue weighted by molar-refractivity contribution is -0.190. The highest BCUT2D eigenvalue weighted by Crippen LogP contribution is 2.18. The molecule has 0 saturated carbocycles. The first-order valence-corrected chi connectivity index (χ1v) is 5.08. The Labute approximate surface area is 101 Å². The van der Waals surface area contributed by atoms with Crippen LogP contribution < -0.4 is 5.32 Å². The van der Waals surface area contributed by atoms with Gasteiger partial charge in [0.1, 0.15) is 5.41 Å². The molecule has 0 aliphatic heterocycles. The van der Waals surface area contributed by atoms with Crippen LogP contribution in [0.3, 0.4) is 0 Å². The van der Waals surface area contributed by atoms with Gasteiger partial charge in [-0.1, -0.05) is 0 Å². The number of hydrogen-bond donors (Lipinski definition) is 1. The molecule has 6 nitrogen and oxygen atoms in total. The summed E-state index contributed by atoms with van der Waals surface area (Å²) in [6.45, 7) is 5.36. The Morgan fingerprint density at radius 2 is 1.82 bits per heavy atom. The van der Waals surface area contributed by atoms with E-state index in [1.54, 1.807) is 0 Å². The predicted octanol–water partition coefficient (Wildman–Crippen LogP) is -0.293. The topological polar surface area (TPSA) is 81.7 Å². The van der Waals surface area contributed by atoms with E-state index < -0.39 is 29.6 Å². The van der Waals surface area contributed by atoms with Crippen LogP contribution in [0.4, 0.5) is 0 Å². The highest BCUT2D eigenvalue weighted by molar-refractivity contribution is 6.11. The van der Waals surface area contributed by atoms with Gasteiger partial charge in [0.05, 0.1) is 7.85 Å². The van der Waals surface area contributed by atoms with Crippen molar-refractivity contribution in [3.05, 3.63) is 0 Å². The van der Waals surface area contributed by atoms with Crippen LogP contribution in [0.2, 0.25) is 0 Å². The van der Waals surface area contributed by atoms with Crippen molar-refractivity contribution in [1.29, 1.82) is 0 Å². The molecule has 1 N–H and O–H groups in total. The fourth-order valence-corrected chi connectivity index (χ4v) is 0.962. The third kappa shape index (κ3) is 4.88. The maximum Gasteiger partial charge on any atom is 0.324 e. The molecule has 1 atom stereocenters. The fourth-order valence-electron chi connectivity index (χ4n) is 0.962. The van der Waals surface area contributed by atoms with E-state index in [-0.39, 0.29) is 6.44 Å². The maximum atomic E-state index is 11.7. The minimum Gasteiger partial charge on any atom is -0.426 e. The van der Waals surface area contributed by atoms with Gasteiger partial charge in [-0.2, -0.15) is 0 Å². The molecule has 0 saturated heterocycles. The van der Waals surface area contributed by atoms with E-state index in [4.69, 9.17) is 12.6 Å². The molecule has 0 spiro atoms. The van der Waals surface area contributed by atoms with E-state index in [0.717, 1.165) is 0 Å². The largest absolute Gasteiger partial charge is 0.426 e. The van der Waals surface area contributed by atoms with Gasteiger partial charge in [-0.3, -0.25) is 14.4 Å². The van der Waals surface area contributed by atoms with Crippen molar-refractivity contribution < 1.29 is 23.9 Å². The SMILES string of the molecule is [B]CNC(=O)C(C)(C)C(=O)OC(C)OC(C)=O. The van der Waals surface area contributed by atoms with Crippen LogP contribution in [0, 0.1) is 5.41 Å². The minimum absolute atomic E-state index is 0.0744. The van der Waals surface area contributed by atoms with E-state index in [9.17, 15) is 14.4 Å². The number of ether oxygens (including phenoxy) is 2. The van der Waals surface area contributed by atoms with Crippen molar-refractivity contribution in [2.75, 3.05) is 6.44 Å². The second-order valence-corrected chi connectivity index (χ2v) is 3.92. The first-order valence-electron chi connectivity index (χ1n) is 5.08. The van der Waals surface area contributed by atoms with Gasteiger partial charge < -0.3 is 14.8 Å². The van der Waals surface area contributed by atoms with Crippen LogP contribution in [0.5, 0.6) is 0 Å². The molecule has 7 heteroatoms. The van der Waals surface area contributed by atoms with Gasteiger partial charge in [-0.25, -0.2) is 0 Å². The summed E-state index contributed by atoms with van der Waals surface area (Å²) in [5.74, 6) is -1.92. The molecule has 1 unspecified atom stereocenters. The highest BCUT2D eigenvalue weighted by atomic mass is 16.7. The molecule has 0 aromatic carbocycles. The molecular formula is C10H16BNO5. The summed E-state index contributed by atoms with van der Waals surface area (Å²) in [5.41, 5.74) is -1.40. The third-order valence-corrected chi connectivity index (χ3v) is 1.95. The fraction of sp³-hybridized carbons (Fsp3) is 0.700. The minimum atomic E-state index is -1.40. The zero-order chi connectivity index (χ0) is 13.6. The number of amides is 1. The lowest BCUT2D eigenvalue weighted by Crippen LogP contribution is -2.44. The lowest BCUT2D eigenvalue weighted by Gasteiger charge is -2.23. The Bertz CT molecular complexity index is 316. The normalized spacial score (nSPS) is 12.5. The van der Waals surface area contributed by atoms with E-state index in [0.29, 0.717) is 0 Å². The van der Waals surface area contributed by atoms with Crippen molar-refractivity contribution in [3.8, 4) is 0 Å². The maximum absolute atomic E-state index is 11.7. The Morgan fingerprint density at radius 1 is 1.29 bits per heavy atom. The second kappa shape index (κ2) is 6.27. The quantitative estimate of drug-likeness (QED) is 0.309. The van der Waals surface area contributed by atoms with E-state index in [1.165, 1.54) is 27.7 Å². The summed E-state index contributed by atoms with van der Waals surface area (Å²) in [6.07, 6.45) is -1.11. The van der Waals surface area contributed by atoms with Crippen LogP contribution >= 0.6 is 0 Å². The molecule has 0 aromatic rings. The molecule has 94 valence electrons. The molecule has 0 rings (SSSR count). The highest BCUT2D eigenvalue weighted by Gasteiger charge is 2.38. The first kappa shape index (κ1) is 15.5. The Hall–Kier alpha value is -1.53. The number of hydrogen-bond acceptors (Lipinski definition) is 5. The zero-order valence-corrected chi connectivity index (χ0v) is 10.4. The van der Waals surface area contributed by atoms with Crippen LogP contribution in [0.15, 0.2) is 0 Å². The van der Waals surface area contributed by atoms with Gasteiger partial charge in [-0.15, -0.1) is 0 Å². The number of nitrogens with one attached hydrogen (secondary N) is 1. The first-order chi connectivity index (χ1) is 7.71. The predicted molar refractivity (Wildman–Crippen MR) is 59.9 cm³/mol. The molecule has 0 aliphatic carbocycles. The van der Waals surface area contributed by atoms with Crippen molar-refractivity contribution in [2.45, 2.75) is 34.0 Å². The van der Waals surface area contributed by atoms with Gasteiger partial charge >= 0.3 is 11.9 Å². The number of carbonyl (C=O) groups excluding carboxylic acids is 3. The molecule has 0 heterocycles. The van der Waals surface area contributed by atoms with Crippen molar-refractivity contribution >= 4 is 25.7 Å². The smallest absolute Gasteiger partial charge is 0.324 e. The van der Waals surface area contributed by atoms with Crippen LogP contribution in [-0.2, 0) is 23.9 Å². The molecule has 0 bridgehead atoms. The molecule has 2 radical (unpaired) electrons. The van der Waals surface area contributed by atoms with Gasteiger partial charge in [0.25, 0.3) is 0 Å². The molecule has 17 heavy (non-hydrogen) atoms. The van der Waals surface area contributed by atoms with Crippen LogP contribution in [0.1, 0.15) is 27.7 Å². The van der Waals surface area contributed by atoms with Crippen molar-refractivity contribution in [2.24, 2.45) is 5.41 Å². The van der Waals surface area contributed by atoms with Gasteiger partial charge in [0.15, 0.2) is 0 Å². The number of carbonyl (C=O) groups is 3. The van der Waals surface area contributed by atoms with Crippen LogP contribution in [-0.4, -0.2) is 38.4 Å². The summed E-state index contributed by atoms with van der Waals surface area (Å²) in [6, 6.07) is 0. The summed E-state index contributed by atoms with van der Waals surface area (Å²) in [7, 11) is 5.14. The van der Waals surface area contributed by atoms with Gasteiger partial charge in [0.2, 0.25) is 12.2 Å².